The van der Waals surface area contributed by atoms with Gasteiger partial charge in [0.15, 0.2) is 0 Å². The van der Waals surface area contributed by atoms with E-state index in [1.165, 1.54) is 13.0 Å². The average Bonchev–Trinajstić information content (AvgIpc) is 2.70. The molecule has 1 aromatic carbocycles. The van der Waals surface area contributed by atoms with Crippen molar-refractivity contribution >= 4 is 23.6 Å². The molecule has 1 fully saturated rings. The maximum Gasteiger partial charge on any atom is 0.331 e. The Labute approximate surface area is 163 Å². The van der Waals surface area contributed by atoms with Crippen LogP contribution < -0.4 is 10.1 Å². The summed E-state index contributed by atoms with van der Waals surface area (Å²) in [7, 11) is 0. The molecule has 1 saturated carbocycles. The highest BCUT2D eigenvalue weighted by atomic mass is 16.6. The number of esters is 1. The first-order valence-corrected chi connectivity index (χ1v) is 9.29. The van der Waals surface area contributed by atoms with Crippen LogP contribution in [0.3, 0.4) is 0 Å². The molecule has 7 heteroatoms. The van der Waals surface area contributed by atoms with Crippen molar-refractivity contribution in [2.45, 2.75) is 44.8 Å². The number of anilines is 1. The van der Waals surface area contributed by atoms with Crippen molar-refractivity contribution in [1.29, 1.82) is 0 Å². The van der Waals surface area contributed by atoms with Gasteiger partial charge >= 0.3 is 5.97 Å². The summed E-state index contributed by atoms with van der Waals surface area (Å²) in [6.45, 7) is 1.46. The molecule has 0 aliphatic heterocycles. The summed E-state index contributed by atoms with van der Waals surface area (Å²) in [6, 6.07) is 7.16. The van der Waals surface area contributed by atoms with Crippen LogP contribution in [0.5, 0.6) is 5.75 Å². The predicted octanol–water partition coefficient (Wildman–Crippen LogP) is 3.38. The molecule has 1 amide bonds. The van der Waals surface area contributed by atoms with Crippen molar-refractivity contribution in [2.75, 3.05) is 5.32 Å². The van der Waals surface area contributed by atoms with E-state index in [9.17, 15) is 9.59 Å². The van der Waals surface area contributed by atoms with E-state index in [0.717, 1.165) is 25.7 Å². The van der Waals surface area contributed by atoms with E-state index in [1.54, 1.807) is 48.9 Å². The van der Waals surface area contributed by atoms with Gasteiger partial charge in [0.25, 0.3) is 0 Å². The summed E-state index contributed by atoms with van der Waals surface area (Å²) in [6.07, 6.45) is 10.7. The molecule has 0 spiro atoms. The van der Waals surface area contributed by atoms with Crippen molar-refractivity contribution in [2.24, 2.45) is 0 Å². The van der Waals surface area contributed by atoms with E-state index >= 15 is 0 Å². The first-order valence-electron chi connectivity index (χ1n) is 9.29. The normalized spacial score (nSPS) is 19.2. The maximum atomic E-state index is 12.2. The maximum absolute atomic E-state index is 12.2. The molecule has 0 radical (unpaired) electrons. The fourth-order valence-corrected chi connectivity index (χ4v) is 3.07. The lowest BCUT2D eigenvalue weighted by Gasteiger charge is -2.31. The first-order chi connectivity index (χ1) is 13.6. The molecule has 146 valence electrons. The van der Waals surface area contributed by atoms with Crippen molar-refractivity contribution in [3.63, 3.8) is 0 Å². The molecule has 1 aromatic heterocycles. The van der Waals surface area contributed by atoms with Crippen LogP contribution in [0.2, 0.25) is 0 Å². The van der Waals surface area contributed by atoms with Gasteiger partial charge in [0.1, 0.15) is 18.0 Å². The molecule has 0 saturated heterocycles. The van der Waals surface area contributed by atoms with Crippen molar-refractivity contribution in [3.05, 3.63) is 54.6 Å². The summed E-state index contributed by atoms with van der Waals surface area (Å²) in [5.74, 6) is 0.131. The van der Waals surface area contributed by atoms with Crippen LogP contribution in [0, 0.1) is 0 Å². The third-order valence-corrected chi connectivity index (χ3v) is 4.34. The van der Waals surface area contributed by atoms with Crippen LogP contribution >= 0.6 is 0 Å². The minimum atomic E-state index is -0.424. The summed E-state index contributed by atoms with van der Waals surface area (Å²) < 4.78 is 11.7. The minimum absolute atomic E-state index is 0.123. The van der Waals surface area contributed by atoms with Gasteiger partial charge in [-0.2, -0.15) is 0 Å². The number of nitrogens with one attached hydrogen (secondary N) is 1. The number of hydrogen-bond acceptors (Lipinski definition) is 6. The standard InChI is InChI=1S/C21H23N3O4/c1-15(25)24-16-6-9-18(10-7-16)27-19-4-2-3-5-20(19)28-21(26)11-8-17-14-22-12-13-23-17/h6-14,19-20H,2-5H2,1H3,(H,24,25)/b11-8+/t19-,20-/m1/s1. The lowest BCUT2D eigenvalue weighted by atomic mass is 9.94. The molecule has 28 heavy (non-hydrogen) atoms. The number of amides is 1. The molecule has 1 aliphatic carbocycles. The zero-order valence-corrected chi connectivity index (χ0v) is 15.7. The molecule has 3 rings (SSSR count). The van der Waals surface area contributed by atoms with Gasteiger partial charge in [-0.25, -0.2) is 4.79 Å². The number of hydrogen-bond donors (Lipinski definition) is 1. The highest BCUT2D eigenvalue weighted by Gasteiger charge is 2.29. The molecule has 1 N–H and O–H groups in total. The third-order valence-electron chi connectivity index (χ3n) is 4.34. The molecule has 7 nitrogen and oxygen atoms in total. The van der Waals surface area contributed by atoms with E-state index in [-0.39, 0.29) is 18.1 Å². The van der Waals surface area contributed by atoms with Gasteiger partial charge in [-0.05, 0) is 56.0 Å². The van der Waals surface area contributed by atoms with Gasteiger partial charge in [-0.1, -0.05) is 0 Å². The van der Waals surface area contributed by atoms with Crippen LogP contribution in [0.4, 0.5) is 5.69 Å². The third kappa shape index (κ3) is 5.90. The van der Waals surface area contributed by atoms with Crippen LogP contribution in [0.1, 0.15) is 38.3 Å². The summed E-state index contributed by atoms with van der Waals surface area (Å²) in [5, 5.41) is 2.72. The Morgan fingerprint density at radius 1 is 1.11 bits per heavy atom. The molecule has 0 bridgehead atoms. The van der Waals surface area contributed by atoms with Crippen LogP contribution in [-0.4, -0.2) is 34.1 Å². The quantitative estimate of drug-likeness (QED) is 0.609. The molecule has 2 atom stereocenters. The second-order valence-corrected chi connectivity index (χ2v) is 6.59. The molecule has 0 unspecified atom stereocenters. The number of rotatable bonds is 6. The molecular weight excluding hydrogens is 358 g/mol. The second kappa shape index (κ2) is 9.64. The molecular formula is C21H23N3O4. The summed E-state index contributed by atoms with van der Waals surface area (Å²) in [4.78, 5) is 31.3. The van der Waals surface area contributed by atoms with E-state index in [0.29, 0.717) is 17.1 Å². The Hall–Kier alpha value is -3.22. The van der Waals surface area contributed by atoms with E-state index in [4.69, 9.17) is 9.47 Å². The average molecular weight is 381 g/mol. The van der Waals surface area contributed by atoms with Crippen molar-refractivity contribution in [3.8, 4) is 5.75 Å². The Kier molecular flexibility index (Phi) is 6.73. The van der Waals surface area contributed by atoms with Crippen LogP contribution in [0.25, 0.3) is 6.08 Å². The lowest BCUT2D eigenvalue weighted by molar-refractivity contribution is -0.150. The first kappa shape index (κ1) is 19.5. The number of carbonyl (C=O) groups is 2. The number of aromatic nitrogens is 2. The molecule has 1 heterocycles. The summed E-state index contributed by atoms with van der Waals surface area (Å²) in [5.41, 5.74) is 1.30. The van der Waals surface area contributed by atoms with Crippen LogP contribution in [0.15, 0.2) is 48.9 Å². The Morgan fingerprint density at radius 3 is 2.54 bits per heavy atom. The topological polar surface area (TPSA) is 90.4 Å². The van der Waals surface area contributed by atoms with Crippen molar-refractivity contribution < 1.29 is 19.1 Å². The predicted molar refractivity (Wildman–Crippen MR) is 105 cm³/mol. The van der Waals surface area contributed by atoms with Gasteiger partial charge in [0, 0.05) is 31.1 Å². The second-order valence-electron chi connectivity index (χ2n) is 6.59. The zero-order valence-electron chi connectivity index (χ0n) is 15.7. The monoisotopic (exact) mass is 381 g/mol. The van der Waals surface area contributed by atoms with Crippen LogP contribution in [-0.2, 0) is 14.3 Å². The number of carbonyl (C=O) groups excluding carboxylic acids is 2. The van der Waals surface area contributed by atoms with Crippen molar-refractivity contribution in [1.82, 2.24) is 9.97 Å². The smallest absolute Gasteiger partial charge is 0.331 e. The Bertz CT molecular complexity index is 821. The Balaban J connectivity index is 1.58. The van der Waals surface area contributed by atoms with E-state index < -0.39 is 5.97 Å². The minimum Gasteiger partial charge on any atom is -0.487 e. The highest BCUT2D eigenvalue weighted by molar-refractivity contribution is 5.88. The zero-order chi connectivity index (χ0) is 19.8. The van der Waals surface area contributed by atoms with Gasteiger partial charge in [0.2, 0.25) is 5.91 Å². The van der Waals surface area contributed by atoms with Gasteiger partial charge < -0.3 is 14.8 Å². The fraction of sp³-hybridized carbons (Fsp3) is 0.333. The molecule has 2 aromatic rings. The number of benzene rings is 1. The van der Waals surface area contributed by atoms with E-state index in [1.807, 2.05) is 0 Å². The Morgan fingerprint density at radius 2 is 1.86 bits per heavy atom. The highest BCUT2D eigenvalue weighted by Crippen LogP contribution is 2.27. The fourth-order valence-electron chi connectivity index (χ4n) is 3.07. The summed E-state index contributed by atoms with van der Waals surface area (Å²) >= 11 is 0. The largest absolute Gasteiger partial charge is 0.487 e. The number of nitrogens with zero attached hydrogens (tertiary/aromatic N) is 2. The lowest BCUT2D eigenvalue weighted by Crippen LogP contribution is -2.38. The van der Waals surface area contributed by atoms with Gasteiger partial charge in [0.05, 0.1) is 11.9 Å². The SMILES string of the molecule is CC(=O)Nc1ccc(O[C@@H]2CCCC[C@H]2OC(=O)/C=C/c2cnccn2)cc1. The number of ether oxygens (including phenoxy) is 2. The van der Waals surface area contributed by atoms with Gasteiger partial charge in [-0.15, -0.1) is 0 Å². The van der Waals surface area contributed by atoms with E-state index in [2.05, 4.69) is 15.3 Å². The van der Waals surface area contributed by atoms with Gasteiger partial charge in [-0.3, -0.25) is 14.8 Å². The molecule has 1 aliphatic rings.